The van der Waals surface area contributed by atoms with Crippen molar-refractivity contribution < 1.29 is 22.7 Å². The highest BCUT2D eigenvalue weighted by molar-refractivity contribution is 7.92. The quantitative estimate of drug-likeness (QED) is 0.418. The molecule has 0 saturated heterocycles. The maximum absolute atomic E-state index is 13.7. The van der Waals surface area contributed by atoms with Crippen LogP contribution >= 0.6 is 23.2 Å². The minimum Gasteiger partial charge on any atom is -0.495 e. The van der Waals surface area contributed by atoms with E-state index in [1.807, 2.05) is 13.8 Å². The molecule has 8 nitrogen and oxygen atoms in total. The lowest BCUT2D eigenvalue weighted by atomic mass is 10.1. The Morgan fingerprint density at radius 3 is 2.22 bits per heavy atom. The summed E-state index contributed by atoms with van der Waals surface area (Å²) >= 11 is 12.2. The average Bonchev–Trinajstić information content (AvgIpc) is 2.81. The number of carbonyl (C=O) groups excluding carboxylic acids is 2. The molecular formula is C25H33Cl2N3O5S. The van der Waals surface area contributed by atoms with Crippen LogP contribution in [0.4, 0.5) is 5.69 Å². The summed E-state index contributed by atoms with van der Waals surface area (Å²) < 4.78 is 31.5. The van der Waals surface area contributed by atoms with Crippen molar-refractivity contribution in [1.29, 1.82) is 0 Å². The van der Waals surface area contributed by atoms with Crippen molar-refractivity contribution in [3.8, 4) is 5.75 Å². The number of carbonyl (C=O) groups is 2. The van der Waals surface area contributed by atoms with Gasteiger partial charge in [-0.1, -0.05) is 56.1 Å². The lowest BCUT2D eigenvalue weighted by molar-refractivity contribution is -0.140. The molecule has 11 heteroatoms. The van der Waals surface area contributed by atoms with Crippen LogP contribution in [0.1, 0.15) is 32.8 Å². The molecule has 0 aromatic heterocycles. The molecule has 0 aliphatic carbocycles. The molecule has 1 atom stereocenters. The van der Waals surface area contributed by atoms with Gasteiger partial charge in [-0.15, -0.1) is 0 Å². The Bertz CT molecular complexity index is 1160. The summed E-state index contributed by atoms with van der Waals surface area (Å²) in [6, 6.07) is 10.6. The van der Waals surface area contributed by atoms with Gasteiger partial charge in [0.15, 0.2) is 0 Å². The zero-order valence-corrected chi connectivity index (χ0v) is 23.5. The van der Waals surface area contributed by atoms with E-state index < -0.39 is 28.5 Å². The van der Waals surface area contributed by atoms with Gasteiger partial charge < -0.3 is 15.0 Å². The first-order chi connectivity index (χ1) is 16.9. The second-order valence-corrected chi connectivity index (χ2v) is 11.6. The normalized spacial score (nSPS) is 12.2. The Kier molecular flexibility index (Phi) is 10.9. The summed E-state index contributed by atoms with van der Waals surface area (Å²) in [7, 11) is -2.42. The van der Waals surface area contributed by atoms with Crippen LogP contribution < -0.4 is 14.4 Å². The summed E-state index contributed by atoms with van der Waals surface area (Å²) in [4.78, 5) is 28.1. The second-order valence-electron chi connectivity index (χ2n) is 8.80. The van der Waals surface area contributed by atoms with Crippen molar-refractivity contribution >= 4 is 50.7 Å². The number of methoxy groups -OCH3 is 1. The fraction of sp³-hybridized carbons (Fsp3) is 0.440. The van der Waals surface area contributed by atoms with Crippen LogP contribution in [-0.2, 0) is 26.2 Å². The van der Waals surface area contributed by atoms with Crippen LogP contribution in [0.5, 0.6) is 5.75 Å². The van der Waals surface area contributed by atoms with E-state index in [1.165, 1.54) is 30.2 Å². The molecule has 1 N–H and O–H groups in total. The van der Waals surface area contributed by atoms with Crippen molar-refractivity contribution in [3.05, 3.63) is 58.1 Å². The fourth-order valence-electron chi connectivity index (χ4n) is 3.55. The molecule has 36 heavy (non-hydrogen) atoms. The van der Waals surface area contributed by atoms with Crippen molar-refractivity contribution in [2.75, 3.05) is 30.8 Å². The molecule has 198 valence electrons. The monoisotopic (exact) mass is 557 g/mol. The Balaban J connectivity index is 2.44. The van der Waals surface area contributed by atoms with Gasteiger partial charge >= 0.3 is 0 Å². The smallest absolute Gasteiger partial charge is 0.244 e. The number of rotatable bonds is 12. The van der Waals surface area contributed by atoms with Crippen molar-refractivity contribution in [2.24, 2.45) is 5.92 Å². The number of hydrogen-bond acceptors (Lipinski definition) is 5. The summed E-state index contributed by atoms with van der Waals surface area (Å²) in [6.45, 7) is 5.80. The van der Waals surface area contributed by atoms with E-state index in [2.05, 4.69) is 5.32 Å². The highest BCUT2D eigenvalue weighted by Gasteiger charge is 2.32. The maximum Gasteiger partial charge on any atom is 0.244 e. The lowest BCUT2D eigenvalue weighted by Gasteiger charge is -2.33. The second kappa shape index (κ2) is 13.2. The molecule has 2 amide bonds. The van der Waals surface area contributed by atoms with Gasteiger partial charge in [0.1, 0.15) is 18.3 Å². The molecule has 0 heterocycles. The predicted molar refractivity (Wildman–Crippen MR) is 144 cm³/mol. The highest BCUT2D eigenvalue weighted by Crippen LogP contribution is 2.30. The number of amides is 2. The van der Waals surface area contributed by atoms with Crippen molar-refractivity contribution in [3.63, 3.8) is 0 Å². The first kappa shape index (κ1) is 29.7. The van der Waals surface area contributed by atoms with Crippen LogP contribution in [0.25, 0.3) is 0 Å². The van der Waals surface area contributed by atoms with E-state index in [0.29, 0.717) is 23.7 Å². The lowest BCUT2D eigenvalue weighted by Crippen LogP contribution is -2.52. The van der Waals surface area contributed by atoms with Gasteiger partial charge in [0.25, 0.3) is 0 Å². The van der Waals surface area contributed by atoms with Crippen LogP contribution in [0.15, 0.2) is 42.5 Å². The Morgan fingerprint density at radius 2 is 1.72 bits per heavy atom. The standard InChI is InChI=1S/C25H33Cl2N3O5S/c1-6-22(25(32)28-14-17(2)3)29(15-18-7-9-19(26)10-8-18)24(31)16-30(36(5,33)34)20-11-12-23(35-4)21(27)13-20/h7-13,17,22H,6,14-16H2,1-5H3,(H,28,32). The Labute approximate surface area is 223 Å². The molecule has 0 saturated carbocycles. The molecular weight excluding hydrogens is 525 g/mol. The van der Waals surface area contributed by atoms with Crippen LogP contribution in [0, 0.1) is 5.92 Å². The molecule has 1 unspecified atom stereocenters. The molecule has 0 aliphatic rings. The summed E-state index contributed by atoms with van der Waals surface area (Å²) in [5, 5.41) is 3.62. The number of hydrogen-bond donors (Lipinski definition) is 1. The van der Waals surface area contributed by atoms with Crippen molar-refractivity contribution in [2.45, 2.75) is 39.8 Å². The molecule has 0 radical (unpaired) electrons. The van der Waals surface area contributed by atoms with Crippen LogP contribution in [0.3, 0.4) is 0 Å². The number of benzene rings is 2. The molecule has 2 aromatic rings. The van der Waals surface area contributed by atoms with Gasteiger partial charge in [-0.25, -0.2) is 8.42 Å². The van der Waals surface area contributed by atoms with Crippen LogP contribution in [0.2, 0.25) is 10.0 Å². The predicted octanol–water partition coefficient (Wildman–Crippen LogP) is 4.35. The maximum atomic E-state index is 13.7. The fourth-order valence-corrected chi connectivity index (χ4v) is 4.77. The number of halogens is 2. The van der Waals surface area contributed by atoms with Crippen molar-refractivity contribution in [1.82, 2.24) is 10.2 Å². The zero-order valence-electron chi connectivity index (χ0n) is 21.1. The summed E-state index contributed by atoms with van der Waals surface area (Å²) in [5.41, 5.74) is 0.960. The van der Waals surface area contributed by atoms with Gasteiger partial charge in [0.05, 0.1) is 24.1 Å². The first-order valence-electron chi connectivity index (χ1n) is 11.5. The Hall–Kier alpha value is -2.49. The zero-order chi connectivity index (χ0) is 27.0. The van der Waals surface area contributed by atoms with E-state index in [0.717, 1.165) is 16.1 Å². The first-order valence-corrected chi connectivity index (χ1v) is 14.1. The number of ether oxygens (including phenoxy) is 1. The molecule has 0 spiro atoms. The van der Waals surface area contributed by atoms with E-state index >= 15 is 0 Å². The van der Waals surface area contributed by atoms with E-state index in [1.54, 1.807) is 31.2 Å². The third kappa shape index (κ3) is 8.28. The third-order valence-corrected chi connectivity index (χ3v) is 7.13. The minimum atomic E-state index is -3.87. The van der Waals surface area contributed by atoms with Gasteiger partial charge in [-0.2, -0.15) is 0 Å². The van der Waals surface area contributed by atoms with Gasteiger partial charge in [-0.3, -0.25) is 13.9 Å². The molecule has 0 fully saturated rings. The number of anilines is 1. The SMILES string of the molecule is CCC(C(=O)NCC(C)C)N(Cc1ccc(Cl)cc1)C(=O)CN(c1ccc(OC)c(Cl)c1)S(C)(=O)=O. The number of nitrogens with zero attached hydrogens (tertiary/aromatic N) is 2. The minimum absolute atomic E-state index is 0.102. The Morgan fingerprint density at radius 1 is 1.08 bits per heavy atom. The average molecular weight is 559 g/mol. The van der Waals surface area contributed by atoms with Gasteiger partial charge in [0, 0.05) is 18.1 Å². The molecule has 2 aromatic carbocycles. The molecule has 0 aliphatic heterocycles. The largest absolute Gasteiger partial charge is 0.495 e. The molecule has 2 rings (SSSR count). The van der Waals surface area contributed by atoms with Crippen LogP contribution in [-0.4, -0.2) is 57.6 Å². The van der Waals surface area contributed by atoms with E-state index in [9.17, 15) is 18.0 Å². The topological polar surface area (TPSA) is 96.0 Å². The van der Waals surface area contributed by atoms with E-state index in [-0.39, 0.29) is 29.1 Å². The number of sulfonamides is 1. The summed E-state index contributed by atoms with van der Waals surface area (Å²) in [6.07, 6.45) is 1.35. The van der Waals surface area contributed by atoms with Gasteiger partial charge in [0.2, 0.25) is 21.8 Å². The number of nitrogens with one attached hydrogen (secondary N) is 1. The van der Waals surface area contributed by atoms with E-state index in [4.69, 9.17) is 27.9 Å². The molecule has 0 bridgehead atoms. The summed E-state index contributed by atoms with van der Waals surface area (Å²) in [5.74, 6) is -0.231. The van der Waals surface area contributed by atoms with Gasteiger partial charge in [-0.05, 0) is 48.2 Å². The highest BCUT2D eigenvalue weighted by atomic mass is 35.5. The third-order valence-electron chi connectivity index (χ3n) is 5.44.